The maximum absolute atomic E-state index is 13.6. The minimum Gasteiger partial charge on any atom is -0.504 e. The van der Waals surface area contributed by atoms with Crippen LogP contribution in [0, 0.1) is 12.7 Å². The third-order valence-electron chi connectivity index (χ3n) is 3.69. The molecule has 22 heavy (non-hydrogen) atoms. The number of carbonyl (C=O) groups is 1. The smallest absolute Gasteiger partial charge is 0.254 e. The Labute approximate surface area is 130 Å². The molecule has 1 amide bonds. The summed E-state index contributed by atoms with van der Waals surface area (Å²) in [6.07, 6.45) is 1.57. The van der Waals surface area contributed by atoms with Gasteiger partial charge in [-0.25, -0.2) is 9.37 Å². The molecule has 8 heteroatoms. The zero-order valence-corrected chi connectivity index (χ0v) is 12.6. The SMILES string of the molecule is Cc1nc([C@@H]2CCCN2C(=O)c2cc(F)c(O)c(Cl)c2)n[nH]1. The lowest BCUT2D eigenvalue weighted by Gasteiger charge is -2.22. The summed E-state index contributed by atoms with van der Waals surface area (Å²) < 4.78 is 13.6. The van der Waals surface area contributed by atoms with Gasteiger partial charge in [0, 0.05) is 12.1 Å². The summed E-state index contributed by atoms with van der Waals surface area (Å²) in [4.78, 5) is 18.5. The van der Waals surface area contributed by atoms with E-state index in [-0.39, 0.29) is 22.5 Å². The van der Waals surface area contributed by atoms with Gasteiger partial charge in [0.05, 0.1) is 11.1 Å². The number of phenols is 1. The van der Waals surface area contributed by atoms with E-state index in [1.165, 1.54) is 6.07 Å². The number of aryl methyl sites for hydroxylation is 1. The predicted octanol–water partition coefficient (Wildman–Crippen LogP) is 2.59. The first kappa shape index (κ1) is 14.8. The van der Waals surface area contributed by atoms with Crippen molar-refractivity contribution in [2.75, 3.05) is 6.54 Å². The number of benzene rings is 1. The molecule has 0 aliphatic carbocycles. The monoisotopic (exact) mass is 324 g/mol. The molecule has 1 atom stereocenters. The maximum atomic E-state index is 13.6. The zero-order valence-electron chi connectivity index (χ0n) is 11.8. The Bertz CT molecular complexity index is 710. The number of H-pyrrole nitrogens is 1. The second kappa shape index (κ2) is 5.57. The highest BCUT2D eigenvalue weighted by molar-refractivity contribution is 6.32. The summed E-state index contributed by atoms with van der Waals surface area (Å²) in [5, 5.41) is 16.0. The normalized spacial score (nSPS) is 18.0. The number of carbonyl (C=O) groups excluding carboxylic acids is 1. The first-order valence-corrected chi connectivity index (χ1v) is 7.23. The van der Waals surface area contributed by atoms with Gasteiger partial charge in [0.15, 0.2) is 17.4 Å². The number of aromatic hydroxyl groups is 1. The van der Waals surface area contributed by atoms with E-state index >= 15 is 0 Å². The topological polar surface area (TPSA) is 82.1 Å². The fourth-order valence-corrected chi connectivity index (χ4v) is 2.85. The fraction of sp³-hybridized carbons (Fsp3) is 0.357. The van der Waals surface area contributed by atoms with Crippen molar-refractivity contribution < 1.29 is 14.3 Å². The van der Waals surface area contributed by atoms with E-state index in [9.17, 15) is 14.3 Å². The molecule has 1 aromatic heterocycles. The minimum atomic E-state index is -0.916. The average molecular weight is 325 g/mol. The molecule has 0 spiro atoms. The number of amides is 1. The lowest BCUT2D eigenvalue weighted by molar-refractivity contribution is 0.0729. The molecule has 0 unspecified atom stereocenters. The number of nitrogens with zero attached hydrogens (tertiary/aromatic N) is 3. The van der Waals surface area contributed by atoms with E-state index < -0.39 is 11.6 Å². The molecule has 1 aliphatic rings. The molecular weight excluding hydrogens is 311 g/mol. The van der Waals surface area contributed by atoms with Crippen molar-refractivity contribution >= 4 is 17.5 Å². The van der Waals surface area contributed by atoms with Crippen LogP contribution in [0.15, 0.2) is 12.1 Å². The third kappa shape index (κ3) is 2.52. The van der Waals surface area contributed by atoms with Crippen molar-refractivity contribution in [2.24, 2.45) is 0 Å². The lowest BCUT2D eigenvalue weighted by atomic mass is 10.1. The maximum Gasteiger partial charge on any atom is 0.254 e. The number of aromatic amines is 1. The highest BCUT2D eigenvalue weighted by Crippen LogP contribution is 2.33. The quantitative estimate of drug-likeness (QED) is 0.889. The van der Waals surface area contributed by atoms with Crippen LogP contribution < -0.4 is 0 Å². The summed E-state index contributed by atoms with van der Waals surface area (Å²) in [7, 11) is 0. The molecule has 0 radical (unpaired) electrons. The van der Waals surface area contributed by atoms with Crippen molar-refractivity contribution in [2.45, 2.75) is 25.8 Å². The second-order valence-corrected chi connectivity index (χ2v) is 5.63. The van der Waals surface area contributed by atoms with Gasteiger partial charge >= 0.3 is 0 Å². The van der Waals surface area contributed by atoms with Crippen molar-refractivity contribution in [3.63, 3.8) is 0 Å². The van der Waals surface area contributed by atoms with E-state index in [0.717, 1.165) is 18.9 Å². The molecule has 2 heterocycles. The number of rotatable bonds is 2. The molecular formula is C14H14ClFN4O2. The number of phenolic OH excluding ortho intramolecular Hbond substituents is 1. The van der Waals surface area contributed by atoms with Crippen LogP contribution in [-0.4, -0.2) is 37.6 Å². The highest BCUT2D eigenvalue weighted by atomic mass is 35.5. The number of likely N-dealkylation sites (tertiary alicyclic amines) is 1. The Morgan fingerprint density at radius 2 is 2.32 bits per heavy atom. The van der Waals surface area contributed by atoms with E-state index in [1.807, 2.05) is 0 Å². The number of nitrogens with one attached hydrogen (secondary N) is 1. The lowest BCUT2D eigenvalue weighted by Crippen LogP contribution is -2.31. The Morgan fingerprint density at radius 1 is 1.55 bits per heavy atom. The molecule has 0 bridgehead atoms. The highest BCUT2D eigenvalue weighted by Gasteiger charge is 2.33. The van der Waals surface area contributed by atoms with Gasteiger partial charge < -0.3 is 10.0 Å². The molecule has 1 aliphatic heterocycles. The van der Waals surface area contributed by atoms with Crippen LogP contribution in [0.25, 0.3) is 0 Å². The first-order valence-electron chi connectivity index (χ1n) is 6.85. The Kier molecular flexibility index (Phi) is 3.74. The van der Waals surface area contributed by atoms with Crippen molar-refractivity contribution in [3.05, 3.63) is 40.2 Å². The van der Waals surface area contributed by atoms with E-state index in [2.05, 4.69) is 15.2 Å². The van der Waals surface area contributed by atoms with E-state index in [0.29, 0.717) is 18.2 Å². The Morgan fingerprint density at radius 3 is 2.95 bits per heavy atom. The molecule has 2 N–H and O–H groups in total. The molecule has 6 nitrogen and oxygen atoms in total. The number of aromatic nitrogens is 3. The largest absolute Gasteiger partial charge is 0.504 e. The predicted molar refractivity (Wildman–Crippen MR) is 77.2 cm³/mol. The number of halogens is 2. The van der Waals surface area contributed by atoms with Crippen LogP contribution >= 0.6 is 11.6 Å². The van der Waals surface area contributed by atoms with Crippen molar-refractivity contribution in [1.82, 2.24) is 20.1 Å². The van der Waals surface area contributed by atoms with Gasteiger partial charge in [-0.2, -0.15) is 5.10 Å². The van der Waals surface area contributed by atoms with Gasteiger partial charge in [0.2, 0.25) is 0 Å². The van der Waals surface area contributed by atoms with Gasteiger partial charge in [-0.1, -0.05) is 11.6 Å². The standard InChI is InChI=1S/C14H14ClFN4O2/c1-7-17-13(19-18-7)11-3-2-4-20(11)14(22)8-5-9(15)12(21)10(16)6-8/h5-6,11,21H,2-4H2,1H3,(H,17,18,19)/t11-/m0/s1. The summed E-state index contributed by atoms with van der Waals surface area (Å²) in [6.45, 7) is 2.32. The number of hydrogen-bond acceptors (Lipinski definition) is 4. The Balaban J connectivity index is 1.91. The zero-order chi connectivity index (χ0) is 15.9. The van der Waals surface area contributed by atoms with Crippen LogP contribution in [0.4, 0.5) is 4.39 Å². The summed E-state index contributed by atoms with van der Waals surface area (Å²) in [5.41, 5.74) is 0.0967. The Hall–Kier alpha value is -2.15. The fourth-order valence-electron chi connectivity index (χ4n) is 2.64. The van der Waals surface area contributed by atoms with Gasteiger partial charge in [-0.15, -0.1) is 0 Å². The van der Waals surface area contributed by atoms with Gasteiger partial charge in [0.1, 0.15) is 5.82 Å². The molecule has 0 saturated carbocycles. The first-order chi connectivity index (χ1) is 10.5. The molecule has 3 rings (SSSR count). The molecule has 2 aromatic rings. The van der Waals surface area contributed by atoms with Crippen molar-refractivity contribution in [1.29, 1.82) is 0 Å². The van der Waals surface area contributed by atoms with Gasteiger partial charge in [-0.3, -0.25) is 9.89 Å². The van der Waals surface area contributed by atoms with E-state index in [4.69, 9.17) is 11.6 Å². The average Bonchev–Trinajstić information content (AvgIpc) is 3.11. The number of hydrogen-bond donors (Lipinski definition) is 2. The third-order valence-corrected chi connectivity index (χ3v) is 3.98. The van der Waals surface area contributed by atoms with Crippen LogP contribution in [0.1, 0.15) is 40.9 Å². The minimum absolute atomic E-state index is 0.0967. The summed E-state index contributed by atoms with van der Waals surface area (Å²) in [6, 6.07) is 2.01. The van der Waals surface area contributed by atoms with Crippen LogP contribution in [0.5, 0.6) is 5.75 Å². The molecule has 116 valence electrons. The van der Waals surface area contributed by atoms with Crippen LogP contribution in [0.2, 0.25) is 5.02 Å². The van der Waals surface area contributed by atoms with E-state index in [1.54, 1.807) is 11.8 Å². The van der Waals surface area contributed by atoms with Gasteiger partial charge in [-0.05, 0) is 31.9 Å². The molecule has 1 aromatic carbocycles. The van der Waals surface area contributed by atoms with Crippen molar-refractivity contribution in [3.8, 4) is 5.75 Å². The molecule has 1 fully saturated rings. The van der Waals surface area contributed by atoms with Gasteiger partial charge in [0.25, 0.3) is 5.91 Å². The second-order valence-electron chi connectivity index (χ2n) is 5.22. The van der Waals surface area contributed by atoms with Crippen LogP contribution in [0.3, 0.4) is 0 Å². The summed E-state index contributed by atoms with van der Waals surface area (Å²) >= 11 is 5.74. The van der Waals surface area contributed by atoms with Crippen LogP contribution in [-0.2, 0) is 0 Å². The molecule has 1 saturated heterocycles. The summed E-state index contributed by atoms with van der Waals surface area (Å²) in [5.74, 6) is -0.700.